The van der Waals surface area contributed by atoms with Gasteiger partial charge in [-0.05, 0) is 70.1 Å². The molecule has 0 fully saturated rings. The summed E-state index contributed by atoms with van der Waals surface area (Å²) in [6.07, 6.45) is 4.29. The highest BCUT2D eigenvalue weighted by Crippen LogP contribution is 2.44. The van der Waals surface area contributed by atoms with Gasteiger partial charge in [0, 0.05) is 25.1 Å². The third kappa shape index (κ3) is 5.25. The van der Waals surface area contributed by atoms with Gasteiger partial charge in [0.25, 0.3) is 0 Å². The number of aromatic hydroxyl groups is 1. The molecule has 1 aliphatic rings. The second-order valence-electron chi connectivity index (χ2n) is 7.62. The maximum atomic E-state index is 10.3. The molecule has 1 aromatic carbocycles. The number of hydrogen-bond acceptors (Lipinski definition) is 4. The molecule has 7 heteroatoms. The van der Waals surface area contributed by atoms with Crippen molar-refractivity contribution in [3.63, 3.8) is 0 Å². The number of aliphatic imine (C=N–C) groups is 1. The third-order valence-electron chi connectivity index (χ3n) is 5.33. The number of rotatable bonds is 7. The standard InChI is InChI=1S/C20H32N4O2S/c1-12-13(2)18-15(14(3)17(12)25)7-8-20(4,26-18)11-16(27)23-9-5-6-10-24-19(21)22/h25H,5-11H2,1-4H3,(H,23,27)(H4,21,22,24). The lowest BCUT2D eigenvalue weighted by atomic mass is 9.85. The molecule has 0 spiro atoms. The molecule has 1 aromatic rings. The number of fused-ring (bicyclic) bond motifs is 1. The van der Waals surface area contributed by atoms with E-state index in [2.05, 4.69) is 17.2 Å². The van der Waals surface area contributed by atoms with E-state index in [1.54, 1.807) is 0 Å². The summed E-state index contributed by atoms with van der Waals surface area (Å²) in [5.74, 6) is 1.43. The summed E-state index contributed by atoms with van der Waals surface area (Å²) in [5.41, 5.74) is 14.2. The van der Waals surface area contributed by atoms with E-state index in [0.717, 1.165) is 65.2 Å². The molecule has 0 bridgehead atoms. The Labute approximate surface area is 167 Å². The van der Waals surface area contributed by atoms with Crippen molar-refractivity contribution in [3.8, 4) is 11.5 Å². The van der Waals surface area contributed by atoms with Gasteiger partial charge in [-0.3, -0.25) is 4.99 Å². The molecule has 0 saturated carbocycles. The number of benzene rings is 1. The lowest BCUT2D eigenvalue weighted by molar-refractivity contribution is 0.0709. The minimum absolute atomic E-state index is 0.134. The lowest BCUT2D eigenvalue weighted by Crippen LogP contribution is -2.41. The molecule has 150 valence electrons. The lowest BCUT2D eigenvalue weighted by Gasteiger charge is -2.38. The van der Waals surface area contributed by atoms with E-state index in [1.165, 1.54) is 0 Å². The van der Waals surface area contributed by atoms with Crippen LogP contribution in [0.25, 0.3) is 0 Å². The number of nitrogens with zero attached hydrogens (tertiary/aromatic N) is 1. The van der Waals surface area contributed by atoms with Crippen molar-refractivity contribution in [1.82, 2.24) is 5.32 Å². The Hall–Kier alpha value is -2.02. The van der Waals surface area contributed by atoms with Crippen LogP contribution in [0.3, 0.4) is 0 Å². The molecule has 0 radical (unpaired) electrons. The van der Waals surface area contributed by atoms with Gasteiger partial charge in [-0.15, -0.1) is 0 Å². The zero-order valence-electron chi connectivity index (χ0n) is 16.8. The fourth-order valence-electron chi connectivity index (χ4n) is 3.49. The Kier molecular flexibility index (Phi) is 6.92. The Balaban J connectivity index is 1.93. The molecule has 27 heavy (non-hydrogen) atoms. The average Bonchev–Trinajstić information content (AvgIpc) is 2.60. The molecule has 1 aliphatic heterocycles. The highest BCUT2D eigenvalue weighted by Gasteiger charge is 2.35. The molecular weight excluding hydrogens is 360 g/mol. The Bertz CT molecular complexity index is 744. The summed E-state index contributed by atoms with van der Waals surface area (Å²) in [6.45, 7) is 9.45. The highest BCUT2D eigenvalue weighted by molar-refractivity contribution is 7.80. The second-order valence-corrected chi connectivity index (χ2v) is 8.12. The molecule has 0 amide bonds. The molecule has 6 nitrogen and oxygen atoms in total. The van der Waals surface area contributed by atoms with E-state index >= 15 is 0 Å². The van der Waals surface area contributed by atoms with Gasteiger partial charge in [0.15, 0.2) is 5.96 Å². The summed E-state index contributed by atoms with van der Waals surface area (Å²) >= 11 is 5.53. The quantitative estimate of drug-likeness (QED) is 0.246. The third-order valence-corrected chi connectivity index (χ3v) is 5.62. The van der Waals surface area contributed by atoms with Gasteiger partial charge in [0.2, 0.25) is 0 Å². The van der Waals surface area contributed by atoms with E-state index in [0.29, 0.717) is 18.7 Å². The predicted octanol–water partition coefficient (Wildman–Crippen LogP) is 2.76. The minimum atomic E-state index is -0.337. The van der Waals surface area contributed by atoms with Gasteiger partial charge in [-0.1, -0.05) is 12.2 Å². The Morgan fingerprint density at radius 2 is 1.93 bits per heavy atom. The zero-order valence-corrected chi connectivity index (χ0v) is 17.6. The maximum Gasteiger partial charge on any atom is 0.185 e. The van der Waals surface area contributed by atoms with E-state index < -0.39 is 0 Å². The fourth-order valence-corrected chi connectivity index (χ4v) is 3.90. The van der Waals surface area contributed by atoms with Gasteiger partial charge in [-0.2, -0.15) is 0 Å². The van der Waals surface area contributed by atoms with Crippen LogP contribution in [-0.2, 0) is 6.42 Å². The molecule has 6 N–H and O–H groups in total. The predicted molar refractivity (Wildman–Crippen MR) is 115 cm³/mol. The minimum Gasteiger partial charge on any atom is -0.507 e. The summed E-state index contributed by atoms with van der Waals surface area (Å²) in [6, 6.07) is 0. The van der Waals surface area contributed by atoms with E-state index in [9.17, 15) is 5.11 Å². The van der Waals surface area contributed by atoms with Crippen LogP contribution in [0, 0.1) is 20.8 Å². The largest absolute Gasteiger partial charge is 0.507 e. The second kappa shape index (κ2) is 8.78. The number of nitrogens with two attached hydrogens (primary N) is 2. The number of unbranched alkanes of at least 4 members (excludes halogenated alkanes) is 1. The molecule has 0 saturated heterocycles. The van der Waals surface area contributed by atoms with Crippen molar-refractivity contribution in [3.05, 3.63) is 22.3 Å². The molecule has 1 atom stereocenters. The summed E-state index contributed by atoms with van der Waals surface area (Å²) in [5, 5.41) is 13.6. The molecular formula is C20H32N4O2S. The van der Waals surface area contributed by atoms with Crippen LogP contribution in [-0.4, -0.2) is 34.7 Å². The van der Waals surface area contributed by atoms with Crippen LogP contribution in [0.1, 0.15) is 54.9 Å². The van der Waals surface area contributed by atoms with Gasteiger partial charge in [0.1, 0.15) is 17.1 Å². The van der Waals surface area contributed by atoms with Gasteiger partial charge in [0.05, 0.1) is 4.99 Å². The molecule has 1 heterocycles. The molecule has 0 aliphatic carbocycles. The van der Waals surface area contributed by atoms with E-state index in [4.69, 9.17) is 28.4 Å². The molecule has 2 rings (SSSR count). The zero-order chi connectivity index (χ0) is 20.2. The van der Waals surface area contributed by atoms with Crippen molar-refractivity contribution in [2.24, 2.45) is 16.5 Å². The number of ether oxygens (including phenoxy) is 1. The maximum absolute atomic E-state index is 10.3. The van der Waals surface area contributed by atoms with Crippen LogP contribution in [0.2, 0.25) is 0 Å². The van der Waals surface area contributed by atoms with Crippen LogP contribution in [0.15, 0.2) is 4.99 Å². The van der Waals surface area contributed by atoms with Crippen LogP contribution < -0.4 is 21.5 Å². The van der Waals surface area contributed by atoms with Crippen molar-refractivity contribution in [2.75, 3.05) is 13.1 Å². The first-order valence-corrected chi connectivity index (χ1v) is 9.88. The normalized spacial score (nSPS) is 18.4. The van der Waals surface area contributed by atoms with Gasteiger partial charge in [-0.25, -0.2) is 0 Å². The first-order valence-electron chi connectivity index (χ1n) is 9.47. The van der Waals surface area contributed by atoms with Crippen molar-refractivity contribution < 1.29 is 9.84 Å². The molecule has 1 unspecified atom stereocenters. The van der Waals surface area contributed by atoms with Crippen LogP contribution >= 0.6 is 12.2 Å². The summed E-state index contributed by atoms with van der Waals surface area (Å²) in [7, 11) is 0. The summed E-state index contributed by atoms with van der Waals surface area (Å²) < 4.78 is 6.42. The first-order chi connectivity index (χ1) is 12.6. The van der Waals surface area contributed by atoms with Gasteiger partial charge >= 0.3 is 0 Å². The summed E-state index contributed by atoms with van der Waals surface area (Å²) in [4.78, 5) is 4.78. The van der Waals surface area contributed by atoms with E-state index in [-0.39, 0.29) is 11.6 Å². The fraction of sp³-hybridized carbons (Fsp3) is 0.600. The van der Waals surface area contributed by atoms with Crippen LogP contribution in [0.4, 0.5) is 0 Å². The Morgan fingerprint density at radius 3 is 2.59 bits per heavy atom. The number of hydrogen-bond donors (Lipinski definition) is 4. The first kappa shape index (κ1) is 21.3. The highest BCUT2D eigenvalue weighted by atomic mass is 32.1. The Morgan fingerprint density at radius 1 is 1.22 bits per heavy atom. The number of phenolic OH excluding ortho intramolecular Hbond substituents is 1. The van der Waals surface area contributed by atoms with Crippen LogP contribution in [0.5, 0.6) is 11.5 Å². The topological polar surface area (TPSA) is 106 Å². The molecule has 0 aromatic heterocycles. The monoisotopic (exact) mass is 392 g/mol. The van der Waals surface area contributed by atoms with Gasteiger partial charge < -0.3 is 26.6 Å². The number of thiocarbonyl (C=S) groups is 1. The van der Waals surface area contributed by atoms with Crippen molar-refractivity contribution >= 4 is 23.2 Å². The van der Waals surface area contributed by atoms with Crippen molar-refractivity contribution in [1.29, 1.82) is 0 Å². The SMILES string of the molecule is Cc1c(C)c2c(c(C)c1O)CCC(C)(CC(=S)NCCCCN=C(N)N)O2. The smallest absolute Gasteiger partial charge is 0.185 e. The number of nitrogens with one attached hydrogen (secondary N) is 1. The number of guanidine groups is 1. The number of phenols is 1. The van der Waals surface area contributed by atoms with E-state index in [1.807, 2.05) is 20.8 Å². The van der Waals surface area contributed by atoms with Crippen molar-refractivity contribution in [2.45, 2.75) is 65.4 Å². The average molecular weight is 393 g/mol.